The van der Waals surface area contributed by atoms with E-state index in [1.165, 1.54) is 0 Å². The first-order valence-corrected chi connectivity index (χ1v) is 18.0. The van der Waals surface area contributed by atoms with Crippen molar-refractivity contribution < 1.29 is 0 Å². The predicted molar refractivity (Wildman–Crippen MR) is 220 cm³/mol. The van der Waals surface area contributed by atoms with E-state index in [2.05, 4.69) is 153 Å². The van der Waals surface area contributed by atoms with Crippen LogP contribution < -0.4 is 4.90 Å². The molecule has 0 saturated heterocycles. The minimum Gasteiger partial charge on any atom is -0.308 e. The van der Waals surface area contributed by atoms with Crippen molar-refractivity contribution in [1.82, 2.24) is 24.5 Å². The van der Waals surface area contributed by atoms with Crippen LogP contribution >= 0.6 is 0 Å². The number of hydrogen-bond donors (Lipinski definition) is 0. The van der Waals surface area contributed by atoms with Crippen LogP contribution in [0.4, 0.5) is 17.2 Å². The molecule has 0 spiro atoms. The van der Waals surface area contributed by atoms with Gasteiger partial charge in [-0.25, -0.2) is 9.97 Å². The molecule has 0 unspecified atom stereocenters. The molecule has 254 valence electrons. The molecule has 54 heavy (non-hydrogen) atoms. The molecule has 0 aliphatic rings. The monoisotopic (exact) mass is 692 g/mol. The van der Waals surface area contributed by atoms with Crippen LogP contribution in [0.3, 0.4) is 0 Å². The lowest BCUT2D eigenvalue weighted by atomic mass is 10.0. The van der Waals surface area contributed by atoms with E-state index in [0.29, 0.717) is 0 Å². The zero-order valence-electron chi connectivity index (χ0n) is 29.2. The van der Waals surface area contributed by atoms with Crippen molar-refractivity contribution in [2.45, 2.75) is 0 Å². The lowest BCUT2D eigenvalue weighted by Crippen LogP contribution is -2.11. The molecule has 0 bridgehead atoms. The topological polar surface area (TPSA) is 59.7 Å². The van der Waals surface area contributed by atoms with E-state index < -0.39 is 0 Å². The van der Waals surface area contributed by atoms with E-state index in [9.17, 15) is 0 Å². The second-order valence-electron chi connectivity index (χ2n) is 13.2. The Balaban J connectivity index is 1.09. The predicted octanol–water partition coefficient (Wildman–Crippen LogP) is 12.0. The number of pyridine rings is 4. The fourth-order valence-corrected chi connectivity index (χ4v) is 7.34. The average molecular weight is 693 g/mol. The van der Waals surface area contributed by atoms with E-state index in [4.69, 9.17) is 9.97 Å². The van der Waals surface area contributed by atoms with Crippen LogP contribution in [-0.4, -0.2) is 24.5 Å². The molecule has 0 N–H and O–H groups in total. The molecule has 0 aliphatic heterocycles. The fraction of sp³-hybridized carbons (Fsp3) is 0. The van der Waals surface area contributed by atoms with E-state index in [0.717, 1.165) is 89.4 Å². The van der Waals surface area contributed by atoms with Crippen molar-refractivity contribution in [1.29, 1.82) is 0 Å². The van der Waals surface area contributed by atoms with E-state index in [-0.39, 0.29) is 0 Å². The normalized spacial score (nSPS) is 11.3. The quantitative estimate of drug-likeness (QED) is 0.166. The molecular weight excluding hydrogens is 661 g/mol. The number of rotatable bonds is 7. The first-order valence-electron chi connectivity index (χ1n) is 18.0. The summed E-state index contributed by atoms with van der Waals surface area (Å²) < 4.78 is 2.31. The highest BCUT2D eigenvalue weighted by Crippen LogP contribution is 2.39. The van der Waals surface area contributed by atoms with Gasteiger partial charge in [0.25, 0.3) is 0 Å². The number of aromatic nitrogens is 5. The molecular formula is C48H32N6. The minimum absolute atomic E-state index is 0.796. The lowest BCUT2D eigenvalue weighted by molar-refractivity contribution is 1.18. The molecule has 0 saturated carbocycles. The molecule has 5 aromatic heterocycles. The van der Waals surface area contributed by atoms with Crippen molar-refractivity contribution in [3.63, 3.8) is 0 Å². The molecule has 10 aromatic rings. The summed E-state index contributed by atoms with van der Waals surface area (Å²) in [6.07, 6.45) is 5.62. The Kier molecular flexibility index (Phi) is 7.69. The maximum atomic E-state index is 5.20. The fourth-order valence-electron chi connectivity index (χ4n) is 7.34. The van der Waals surface area contributed by atoms with Crippen LogP contribution in [0.1, 0.15) is 0 Å². The maximum Gasteiger partial charge on any atom is 0.137 e. The van der Waals surface area contributed by atoms with Gasteiger partial charge >= 0.3 is 0 Å². The highest BCUT2D eigenvalue weighted by molar-refractivity contribution is 6.11. The highest BCUT2D eigenvalue weighted by atomic mass is 15.2. The van der Waals surface area contributed by atoms with Gasteiger partial charge in [-0.15, -0.1) is 0 Å². The third kappa shape index (κ3) is 5.63. The van der Waals surface area contributed by atoms with Gasteiger partial charge < -0.3 is 4.57 Å². The van der Waals surface area contributed by atoms with Gasteiger partial charge in [-0.2, -0.15) is 0 Å². The molecule has 5 heterocycles. The van der Waals surface area contributed by atoms with Crippen molar-refractivity contribution >= 4 is 50.0 Å². The van der Waals surface area contributed by atoms with Crippen LogP contribution in [0.5, 0.6) is 0 Å². The van der Waals surface area contributed by atoms with Gasteiger partial charge in [0.05, 0.1) is 33.5 Å². The summed E-state index contributed by atoms with van der Waals surface area (Å²) in [5.41, 5.74) is 13.2. The molecule has 10 rings (SSSR count). The summed E-state index contributed by atoms with van der Waals surface area (Å²) in [6.45, 7) is 0. The van der Waals surface area contributed by atoms with Gasteiger partial charge in [-0.1, -0.05) is 78.9 Å². The first-order chi connectivity index (χ1) is 26.8. The Morgan fingerprint density at radius 1 is 0.444 bits per heavy atom. The maximum absolute atomic E-state index is 5.20. The van der Waals surface area contributed by atoms with Gasteiger partial charge in [-0.05, 0) is 103 Å². The van der Waals surface area contributed by atoms with Gasteiger partial charge in [-0.3, -0.25) is 14.9 Å². The highest BCUT2D eigenvalue weighted by Gasteiger charge is 2.18. The largest absolute Gasteiger partial charge is 0.308 e. The SMILES string of the molecule is c1ccc(-n2c3ccc(-c4ccc(N(c5cccc(-c6ccccn6)c5)c5cccc(-c6ccccn6)c5)nc4)cc3c3nc4ccccc4cc32)cc1. The van der Waals surface area contributed by atoms with Crippen molar-refractivity contribution in [2.24, 2.45) is 0 Å². The Morgan fingerprint density at radius 2 is 1.11 bits per heavy atom. The van der Waals surface area contributed by atoms with Crippen LogP contribution in [-0.2, 0) is 0 Å². The van der Waals surface area contributed by atoms with Gasteiger partial charge in [0, 0.05) is 63.1 Å². The molecule has 6 heteroatoms. The molecule has 0 amide bonds. The number of hydrogen-bond acceptors (Lipinski definition) is 5. The summed E-state index contributed by atoms with van der Waals surface area (Å²) in [4.78, 5) is 21.7. The summed E-state index contributed by atoms with van der Waals surface area (Å²) in [5, 5.41) is 2.21. The molecule has 6 nitrogen and oxygen atoms in total. The number of anilines is 3. The molecule has 0 radical (unpaired) electrons. The Morgan fingerprint density at radius 3 is 1.78 bits per heavy atom. The Labute approximate surface area is 312 Å². The lowest BCUT2D eigenvalue weighted by Gasteiger charge is -2.25. The van der Waals surface area contributed by atoms with Crippen LogP contribution in [0.15, 0.2) is 195 Å². The third-order valence-corrected chi connectivity index (χ3v) is 9.89. The minimum atomic E-state index is 0.796. The summed E-state index contributed by atoms with van der Waals surface area (Å²) >= 11 is 0. The second-order valence-corrected chi connectivity index (χ2v) is 13.2. The van der Waals surface area contributed by atoms with Gasteiger partial charge in [0.1, 0.15) is 5.82 Å². The Hall–Kier alpha value is -7.44. The molecule has 5 aromatic carbocycles. The average Bonchev–Trinajstić information content (AvgIpc) is 3.56. The molecule has 0 fully saturated rings. The van der Waals surface area contributed by atoms with E-state index in [1.54, 1.807) is 0 Å². The third-order valence-electron chi connectivity index (χ3n) is 9.89. The van der Waals surface area contributed by atoms with Gasteiger partial charge in [0.15, 0.2) is 0 Å². The van der Waals surface area contributed by atoms with Gasteiger partial charge in [0.2, 0.25) is 0 Å². The number of benzene rings is 5. The zero-order chi connectivity index (χ0) is 35.8. The standard InChI is InChI=1S/C48H32N6/c1-2-15-38(16-3-1)54-45-24-22-33(30-41(45)48-46(54)31-36-12-4-5-21-44(36)52-48)37-23-25-47(51-32-37)53(39-17-10-13-34(28-39)42-19-6-8-26-49-42)40-18-11-14-35(29-40)43-20-7-9-27-50-43/h1-32H. The number of nitrogens with zero attached hydrogens (tertiary/aromatic N) is 6. The van der Waals surface area contributed by atoms with E-state index in [1.807, 2.05) is 61.1 Å². The second kappa shape index (κ2) is 13.3. The van der Waals surface area contributed by atoms with Crippen LogP contribution in [0.25, 0.3) is 72.2 Å². The smallest absolute Gasteiger partial charge is 0.137 e. The summed E-state index contributed by atoms with van der Waals surface area (Å²) in [6, 6.07) is 60.8. The van der Waals surface area contributed by atoms with Crippen molar-refractivity contribution in [3.8, 4) is 39.3 Å². The van der Waals surface area contributed by atoms with E-state index >= 15 is 0 Å². The summed E-state index contributed by atoms with van der Waals surface area (Å²) in [7, 11) is 0. The number of fused-ring (bicyclic) bond motifs is 4. The van der Waals surface area contributed by atoms with Crippen LogP contribution in [0, 0.1) is 0 Å². The summed E-state index contributed by atoms with van der Waals surface area (Å²) in [5.74, 6) is 0.796. The van der Waals surface area contributed by atoms with Crippen LogP contribution in [0.2, 0.25) is 0 Å². The number of para-hydroxylation sites is 2. The zero-order valence-corrected chi connectivity index (χ0v) is 29.2. The Bertz CT molecular complexity index is 2840. The van der Waals surface area contributed by atoms with Crippen molar-refractivity contribution in [2.75, 3.05) is 4.90 Å². The van der Waals surface area contributed by atoms with Crippen molar-refractivity contribution in [3.05, 3.63) is 195 Å². The first kappa shape index (κ1) is 31.3. The molecule has 0 aliphatic carbocycles. The molecule has 0 atom stereocenters.